The molecule has 0 fully saturated rings. The van der Waals surface area contributed by atoms with Crippen LogP contribution in [0.3, 0.4) is 0 Å². The number of aliphatic carboxylic acids is 1. The van der Waals surface area contributed by atoms with Crippen LogP contribution in [0.5, 0.6) is 5.75 Å². The van der Waals surface area contributed by atoms with Gasteiger partial charge < -0.3 is 14.4 Å². The number of hydrogen-bond acceptors (Lipinski definition) is 5. The van der Waals surface area contributed by atoms with Crippen molar-refractivity contribution in [1.29, 1.82) is 0 Å². The zero-order valence-corrected chi connectivity index (χ0v) is 15.4. The van der Waals surface area contributed by atoms with Crippen LogP contribution in [0.15, 0.2) is 27.8 Å². The minimum Gasteiger partial charge on any atom is -0.485 e. The van der Waals surface area contributed by atoms with Gasteiger partial charge in [-0.2, -0.15) is 0 Å². The van der Waals surface area contributed by atoms with Crippen LogP contribution in [0.1, 0.15) is 25.2 Å². The molecule has 0 aliphatic heterocycles. The highest BCUT2D eigenvalue weighted by atomic mass is 79.9. The second-order valence-electron chi connectivity index (χ2n) is 4.72. The molecule has 0 bridgehead atoms. The summed E-state index contributed by atoms with van der Waals surface area (Å²) in [6.45, 7) is 5.00. The maximum atomic E-state index is 10.7. The maximum Gasteiger partial charge on any atom is 0.313 e. The van der Waals surface area contributed by atoms with Gasteiger partial charge in [-0.15, -0.1) is 10.2 Å². The third kappa shape index (κ3) is 4.71. The summed E-state index contributed by atoms with van der Waals surface area (Å²) in [5.74, 6) is 0.596. The van der Waals surface area contributed by atoms with E-state index in [1.54, 1.807) is 0 Å². The topological polar surface area (TPSA) is 77.2 Å². The highest BCUT2D eigenvalue weighted by Crippen LogP contribution is 2.25. The van der Waals surface area contributed by atoms with Crippen molar-refractivity contribution in [2.24, 2.45) is 0 Å². The Kier molecular flexibility index (Phi) is 6.47. The number of halogens is 1. The fraction of sp³-hybridized carbons (Fsp3) is 0.400. The fourth-order valence-electron chi connectivity index (χ4n) is 2.08. The van der Waals surface area contributed by atoms with Gasteiger partial charge in [-0.05, 0) is 37.1 Å². The summed E-state index contributed by atoms with van der Waals surface area (Å²) in [6, 6.07) is 5.90. The number of carboxylic acid groups (broad SMARTS) is 1. The molecule has 0 atom stereocenters. The number of thioether (sulfide) groups is 1. The first kappa shape index (κ1) is 17.8. The number of benzene rings is 1. The maximum absolute atomic E-state index is 10.7. The highest BCUT2D eigenvalue weighted by Gasteiger charge is 2.14. The molecule has 2 aromatic rings. The van der Waals surface area contributed by atoms with Crippen molar-refractivity contribution in [3.05, 3.63) is 34.1 Å². The number of carbonyl (C=O) groups is 1. The average molecular weight is 400 g/mol. The van der Waals surface area contributed by atoms with Crippen LogP contribution in [0, 0.1) is 0 Å². The predicted octanol–water partition coefficient (Wildman–Crippen LogP) is 3.38. The van der Waals surface area contributed by atoms with Crippen molar-refractivity contribution in [2.75, 3.05) is 5.75 Å². The molecule has 23 heavy (non-hydrogen) atoms. The summed E-state index contributed by atoms with van der Waals surface area (Å²) < 4.78 is 8.77. The summed E-state index contributed by atoms with van der Waals surface area (Å²) in [5.41, 5.74) is 1.11. The van der Waals surface area contributed by atoms with Crippen LogP contribution in [0.25, 0.3) is 0 Å². The first-order chi connectivity index (χ1) is 11.0. The van der Waals surface area contributed by atoms with Gasteiger partial charge in [0.2, 0.25) is 0 Å². The lowest BCUT2D eigenvalue weighted by atomic mass is 10.1. The smallest absolute Gasteiger partial charge is 0.313 e. The second-order valence-corrected chi connectivity index (χ2v) is 6.58. The van der Waals surface area contributed by atoms with Crippen molar-refractivity contribution in [3.8, 4) is 5.75 Å². The van der Waals surface area contributed by atoms with Gasteiger partial charge in [0.05, 0.1) is 5.75 Å². The third-order valence-corrected chi connectivity index (χ3v) is 4.64. The molecule has 1 N–H and O–H groups in total. The van der Waals surface area contributed by atoms with E-state index in [1.807, 2.05) is 29.7 Å². The van der Waals surface area contributed by atoms with E-state index >= 15 is 0 Å². The van der Waals surface area contributed by atoms with Crippen LogP contribution in [0.4, 0.5) is 0 Å². The molecule has 6 nitrogen and oxygen atoms in total. The Labute approximate surface area is 147 Å². The number of ether oxygens (including phenoxy) is 1. The van der Waals surface area contributed by atoms with Gasteiger partial charge >= 0.3 is 5.97 Å². The molecule has 0 saturated heterocycles. The Morgan fingerprint density at radius 3 is 2.83 bits per heavy atom. The molecule has 1 aromatic heterocycles. The van der Waals surface area contributed by atoms with Crippen molar-refractivity contribution in [3.63, 3.8) is 0 Å². The first-order valence-electron chi connectivity index (χ1n) is 7.23. The van der Waals surface area contributed by atoms with E-state index < -0.39 is 5.97 Å². The molecule has 2 rings (SSSR count). The van der Waals surface area contributed by atoms with Crippen LogP contribution in [-0.4, -0.2) is 31.6 Å². The van der Waals surface area contributed by atoms with Gasteiger partial charge in [0.25, 0.3) is 0 Å². The van der Waals surface area contributed by atoms with Crippen molar-refractivity contribution >= 4 is 33.7 Å². The second kappa shape index (κ2) is 8.35. The molecule has 8 heteroatoms. The molecule has 1 heterocycles. The minimum absolute atomic E-state index is 0.0360. The molecular formula is C15H18BrN3O3S. The number of aromatic nitrogens is 3. The van der Waals surface area contributed by atoms with E-state index in [9.17, 15) is 4.79 Å². The van der Waals surface area contributed by atoms with Crippen LogP contribution < -0.4 is 4.74 Å². The molecule has 0 aliphatic carbocycles. The number of rotatable bonds is 8. The third-order valence-electron chi connectivity index (χ3n) is 3.19. The molecule has 0 amide bonds. The zero-order chi connectivity index (χ0) is 16.8. The summed E-state index contributed by atoms with van der Waals surface area (Å²) in [4.78, 5) is 10.7. The molecule has 0 spiro atoms. The van der Waals surface area contributed by atoms with Gasteiger partial charge in [0.15, 0.2) is 11.0 Å². The summed E-state index contributed by atoms with van der Waals surface area (Å²) >= 11 is 4.62. The number of carboxylic acids is 1. The van der Waals surface area contributed by atoms with E-state index in [1.165, 1.54) is 0 Å². The van der Waals surface area contributed by atoms with Gasteiger partial charge in [0.1, 0.15) is 12.4 Å². The average Bonchev–Trinajstić information content (AvgIpc) is 2.93. The molecule has 0 aliphatic rings. The summed E-state index contributed by atoms with van der Waals surface area (Å²) in [6.07, 6.45) is 0.870. The Morgan fingerprint density at radius 2 is 2.17 bits per heavy atom. The standard InChI is InChI=1S/C15H18BrN3O3S/c1-3-10-7-11(16)5-6-12(10)22-8-13-17-18-15(19(13)4-2)23-9-14(20)21/h5-7H,3-4,8-9H2,1-2H3,(H,20,21). The number of nitrogens with zero attached hydrogens (tertiary/aromatic N) is 3. The lowest BCUT2D eigenvalue weighted by molar-refractivity contribution is -0.133. The Morgan fingerprint density at radius 1 is 1.39 bits per heavy atom. The van der Waals surface area contributed by atoms with Crippen LogP contribution in [0.2, 0.25) is 0 Å². The molecule has 124 valence electrons. The Hall–Kier alpha value is -1.54. The van der Waals surface area contributed by atoms with E-state index in [2.05, 4.69) is 33.1 Å². The quantitative estimate of drug-likeness (QED) is 0.685. The SMILES string of the molecule is CCc1cc(Br)ccc1OCc1nnc(SCC(=O)O)n1CC. The Bertz CT molecular complexity index is 691. The van der Waals surface area contributed by atoms with Crippen molar-refractivity contribution in [2.45, 2.75) is 38.6 Å². The monoisotopic (exact) mass is 399 g/mol. The zero-order valence-electron chi connectivity index (χ0n) is 13.0. The largest absolute Gasteiger partial charge is 0.485 e. The van der Waals surface area contributed by atoms with Gasteiger partial charge in [-0.1, -0.05) is 34.6 Å². The first-order valence-corrected chi connectivity index (χ1v) is 9.00. The van der Waals surface area contributed by atoms with Crippen molar-refractivity contribution in [1.82, 2.24) is 14.8 Å². The molecule has 0 unspecified atom stereocenters. The summed E-state index contributed by atoms with van der Waals surface area (Å²) in [7, 11) is 0. The lowest BCUT2D eigenvalue weighted by Gasteiger charge is -2.11. The minimum atomic E-state index is -0.874. The van der Waals surface area contributed by atoms with E-state index in [0.717, 1.165) is 34.0 Å². The van der Waals surface area contributed by atoms with Crippen molar-refractivity contribution < 1.29 is 14.6 Å². The molecule has 1 aromatic carbocycles. The van der Waals surface area contributed by atoms with Gasteiger partial charge in [0, 0.05) is 11.0 Å². The lowest BCUT2D eigenvalue weighted by Crippen LogP contribution is -2.08. The normalized spacial score (nSPS) is 10.7. The highest BCUT2D eigenvalue weighted by molar-refractivity contribution is 9.10. The number of hydrogen-bond donors (Lipinski definition) is 1. The van der Waals surface area contributed by atoms with E-state index in [0.29, 0.717) is 24.1 Å². The predicted molar refractivity (Wildman–Crippen MR) is 91.9 cm³/mol. The van der Waals surface area contributed by atoms with Gasteiger partial charge in [-0.25, -0.2) is 0 Å². The fourth-order valence-corrected chi connectivity index (χ4v) is 3.23. The van der Waals surface area contributed by atoms with Crippen LogP contribution >= 0.6 is 27.7 Å². The molecular weight excluding hydrogens is 382 g/mol. The van der Waals surface area contributed by atoms with E-state index in [-0.39, 0.29) is 5.75 Å². The van der Waals surface area contributed by atoms with Gasteiger partial charge in [-0.3, -0.25) is 4.79 Å². The van der Waals surface area contributed by atoms with Crippen LogP contribution in [-0.2, 0) is 24.4 Å². The number of aryl methyl sites for hydroxylation is 1. The van der Waals surface area contributed by atoms with E-state index in [4.69, 9.17) is 9.84 Å². The molecule has 0 saturated carbocycles. The summed E-state index contributed by atoms with van der Waals surface area (Å²) in [5, 5.41) is 17.5. The molecule has 0 radical (unpaired) electrons. The Balaban J connectivity index is 2.10.